The minimum absolute atomic E-state index is 0.247. The van der Waals surface area contributed by atoms with Gasteiger partial charge >= 0.3 is 0 Å². The molecule has 0 radical (unpaired) electrons. The van der Waals surface area contributed by atoms with Gasteiger partial charge in [-0.1, -0.05) is 29.8 Å². The van der Waals surface area contributed by atoms with Crippen LogP contribution in [0.4, 0.5) is 5.69 Å². The fourth-order valence-electron chi connectivity index (χ4n) is 2.91. The lowest BCUT2D eigenvalue weighted by Gasteiger charge is -2.54. The summed E-state index contributed by atoms with van der Waals surface area (Å²) in [5, 5.41) is 3.68. The van der Waals surface area contributed by atoms with Gasteiger partial charge in [-0.25, -0.2) is 0 Å². The van der Waals surface area contributed by atoms with Gasteiger partial charge in [0, 0.05) is 28.2 Å². The predicted molar refractivity (Wildman–Crippen MR) is 84.7 cm³/mol. The number of aryl methyl sites for hydroxylation is 1. The molecule has 3 atom stereocenters. The molecule has 106 valence electrons. The van der Waals surface area contributed by atoms with Crippen LogP contribution in [0.1, 0.15) is 39.2 Å². The summed E-state index contributed by atoms with van der Waals surface area (Å²) < 4.78 is 7.01. The molecule has 1 aliphatic rings. The maximum absolute atomic E-state index is 5.85. The van der Waals surface area contributed by atoms with Crippen LogP contribution in [0.3, 0.4) is 0 Å². The quantitative estimate of drug-likeness (QED) is 0.842. The predicted octanol–water partition coefficient (Wildman–Crippen LogP) is 4.76. The molecule has 1 N–H and O–H groups in total. The second-order valence-electron chi connectivity index (χ2n) is 5.70. The highest BCUT2D eigenvalue weighted by Gasteiger charge is 2.51. The van der Waals surface area contributed by atoms with Crippen molar-refractivity contribution in [1.82, 2.24) is 0 Å². The maximum Gasteiger partial charge on any atom is 0.0667 e. The Labute approximate surface area is 125 Å². The molecule has 0 amide bonds. The fraction of sp³-hybridized carbons (Fsp3) is 0.625. The van der Waals surface area contributed by atoms with Gasteiger partial charge in [0.05, 0.1) is 6.10 Å². The Morgan fingerprint density at radius 2 is 2.16 bits per heavy atom. The number of nitrogens with one attached hydrogen (secondary N) is 1. The Balaban J connectivity index is 2.05. The Morgan fingerprint density at radius 3 is 2.74 bits per heavy atom. The summed E-state index contributed by atoms with van der Waals surface area (Å²) in [5.41, 5.74) is 2.72. The monoisotopic (exact) mass is 325 g/mol. The van der Waals surface area contributed by atoms with Gasteiger partial charge in [0.1, 0.15) is 0 Å². The van der Waals surface area contributed by atoms with Crippen molar-refractivity contribution >= 4 is 21.6 Å². The highest BCUT2D eigenvalue weighted by Crippen LogP contribution is 2.47. The van der Waals surface area contributed by atoms with E-state index < -0.39 is 0 Å². The van der Waals surface area contributed by atoms with Crippen LogP contribution >= 0.6 is 15.9 Å². The molecule has 0 aromatic heterocycles. The zero-order valence-electron chi connectivity index (χ0n) is 12.3. The van der Waals surface area contributed by atoms with Crippen molar-refractivity contribution in [3.63, 3.8) is 0 Å². The first-order valence-electron chi connectivity index (χ1n) is 7.15. The maximum atomic E-state index is 5.85. The van der Waals surface area contributed by atoms with Crippen LogP contribution in [-0.4, -0.2) is 18.8 Å². The number of hydrogen-bond donors (Lipinski definition) is 1. The Hall–Kier alpha value is -0.540. The number of halogens is 1. The first-order valence-corrected chi connectivity index (χ1v) is 7.94. The molecule has 1 fully saturated rings. The molecular weight excluding hydrogens is 302 g/mol. The second kappa shape index (κ2) is 5.84. The second-order valence-corrected chi connectivity index (χ2v) is 6.55. The topological polar surface area (TPSA) is 21.3 Å². The van der Waals surface area contributed by atoms with E-state index in [1.165, 1.54) is 11.3 Å². The average Bonchev–Trinajstić information content (AvgIpc) is 2.40. The van der Waals surface area contributed by atoms with Crippen LogP contribution in [0.2, 0.25) is 0 Å². The van der Waals surface area contributed by atoms with E-state index >= 15 is 0 Å². The number of hydrogen-bond acceptors (Lipinski definition) is 2. The van der Waals surface area contributed by atoms with Crippen molar-refractivity contribution in [2.45, 2.75) is 52.7 Å². The summed E-state index contributed by atoms with van der Waals surface area (Å²) in [4.78, 5) is 0. The Bertz CT molecular complexity index is 448. The smallest absolute Gasteiger partial charge is 0.0667 e. The lowest BCUT2D eigenvalue weighted by atomic mass is 9.61. The average molecular weight is 326 g/mol. The van der Waals surface area contributed by atoms with Crippen LogP contribution in [-0.2, 0) is 4.74 Å². The lowest BCUT2D eigenvalue weighted by molar-refractivity contribution is -0.109. The fourth-order valence-corrected chi connectivity index (χ4v) is 3.16. The SMILES string of the molecule is CCOC1CC(Nc2ccc(Br)c(C)c2)C1(C)CC. The van der Waals surface area contributed by atoms with Gasteiger partial charge in [0.25, 0.3) is 0 Å². The summed E-state index contributed by atoms with van der Waals surface area (Å²) in [7, 11) is 0. The zero-order valence-corrected chi connectivity index (χ0v) is 13.9. The van der Waals surface area contributed by atoms with Gasteiger partial charge < -0.3 is 10.1 Å². The van der Waals surface area contributed by atoms with Gasteiger partial charge in [-0.3, -0.25) is 0 Å². The van der Waals surface area contributed by atoms with Crippen LogP contribution < -0.4 is 5.32 Å². The normalized spacial score (nSPS) is 29.9. The molecule has 1 aromatic rings. The van der Waals surface area contributed by atoms with Crippen molar-refractivity contribution in [2.75, 3.05) is 11.9 Å². The van der Waals surface area contributed by atoms with Crippen LogP contribution in [0.15, 0.2) is 22.7 Å². The molecule has 2 rings (SSSR count). The summed E-state index contributed by atoms with van der Waals surface area (Å²) in [6, 6.07) is 6.96. The van der Waals surface area contributed by atoms with Crippen molar-refractivity contribution in [3.8, 4) is 0 Å². The van der Waals surface area contributed by atoms with Gasteiger partial charge in [-0.2, -0.15) is 0 Å². The molecule has 0 spiro atoms. The molecular formula is C16H24BrNO. The van der Waals surface area contributed by atoms with Crippen molar-refractivity contribution in [2.24, 2.45) is 5.41 Å². The molecule has 19 heavy (non-hydrogen) atoms. The van der Waals surface area contributed by atoms with Crippen LogP contribution in [0.5, 0.6) is 0 Å². The highest BCUT2D eigenvalue weighted by molar-refractivity contribution is 9.10. The van der Waals surface area contributed by atoms with Gasteiger partial charge in [-0.15, -0.1) is 0 Å². The number of anilines is 1. The zero-order chi connectivity index (χ0) is 14.0. The number of rotatable bonds is 5. The van der Waals surface area contributed by atoms with E-state index in [1.54, 1.807) is 0 Å². The summed E-state index contributed by atoms with van der Waals surface area (Å²) in [5.74, 6) is 0. The van der Waals surface area contributed by atoms with E-state index in [0.717, 1.165) is 23.9 Å². The van der Waals surface area contributed by atoms with Gasteiger partial charge in [0.15, 0.2) is 0 Å². The number of ether oxygens (including phenoxy) is 1. The molecule has 1 saturated carbocycles. The molecule has 2 nitrogen and oxygen atoms in total. The molecule has 0 aliphatic heterocycles. The van der Waals surface area contributed by atoms with E-state index in [4.69, 9.17) is 4.74 Å². The van der Waals surface area contributed by atoms with Crippen molar-refractivity contribution in [1.29, 1.82) is 0 Å². The van der Waals surface area contributed by atoms with E-state index in [1.807, 2.05) is 0 Å². The molecule has 1 aromatic carbocycles. The summed E-state index contributed by atoms with van der Waals surface area (Å²) in [6.45, 7) is 9.60. The Kier molecular flexibility index (Phi) is 4.57. The third-order valence-electron chi connectivity index (χ3n) is 4.61. The first-order chi connectivity index (χ1) is 9.01. The molecule has 0 heterocycles. The molecule has 1 aliphatic carbocycles. The standard InChI is InChI=1S/C16H24BrNO/c1-5-16(4)14(10-15(16)19-6-2)18-12-7-8-13(17)11(3)9-12/h7-9,14-15,18H,5-6,10H2,1-4H3. The van der Waals surface area contributed by atoms with Crippen LogP contribution in [0, 0.1) is 12.3 Å². The van der Waals surface area contributed by atoms with Crippen LogP contribution in [0.25, 0.3) is 0 Å². The molecule has 0 saturated heterocycles. The van der Waals surface area contributed by atoms with Gasteiger partial charge in [0.2, 0.25) is 0 Å². The van der Waals surface area contributed by atoms with Crippen molar-refractivity contribution in [3.05, 3.63) is 28.2 Å². The van der Waals surface area contributed by atoms with E-state index in [-0.39, 0.29) is 5.41 Å². The van der Waals surface area contributed by atoms with Gasteiger partial charge in [-0.05, 0) is 50.5 Å². The number of benzene rings is 1. The largest absolute Gasteiger partial charge is 0.382 e. The van der Waals surface area contributed by atoms with Crippen molar-refractivity contribution < 1.29 is 4.74 Å². The lowest BCUT2D eigenvalue weighted by Crippen LogP contribution is -2.59. The summed E-state index contributed by atoms with van der Waals surface area (Å²) in [6.07, 6.45) is 2.65. The minimum Gasteiger partial charge on any atom is -0.382 e. The molecule has 3 unspecified atom stereocenters. The van der Waals surface area contributed by atoms with E-state index in [0.29, 0.717) is 12.1 Å². The third kappa shape index (κ3) is 2.82. The Morgan fingerprint density at radius 1 is 1.42 bits per heavy atom. The third-order valence-corrected chi connectivity index (χ3v) is 5.50. The molecule has 0 bridgehead atoms. The first kappa shape index (κ1) is 14.9. The van der Waals surface area contributed by atoms with E-state index in [2.05, 4.69) is 67.1 Å². The minimum atomic E-state index is 0.247. The summed E-state index contributed by atoms with van der Waals surface area (Å²) >= 11 is 3.55. The molecule has 3 heteroatoms. The van der Waals surface area contributed by atoms with E-state index in [9.17, 15) is 0 Å². The highest BCUT2D eigenvalue weighted by atomic mass is 79.9.